The Morgan fingerprint density at radius 1 is 1.26 bits per heavy atom. The maximum atomic E-state index is 13.1. The van der Waals surface area contributed by atoms with Gasteiger partial charge >= 0.3 is 6.18 Å². The van der Waals surface area contributed by atoms with Crippen molar-refractivity contribution in [1.29, 1.82) is 0 Å². The van der Waals surface area contributed by atoms with Gasteiger partial charge < -0.3 is 10.6 Å². The van der Waals surface area contributed by atoms with E-state index in [4.69, 9.17) is 23.8 Å². The number of thiocarbonyl (C=S) groups is 1. The number of halogens is 4. The summed E-state index contributed by atoms with van der Waals surface area (Å²) in [6, 6.07) is 8.38. The first kappa shape index (κ1) is 19.6. The lowest BCUT2D eigenvalue weighted by Crippen LogP contribution is -2.42. The second-order valence-corrected chi connectivity index (χ2v) is 6.97. The van der Waals surface area contributed by atoms with Crippen LogP contribution in [-0.4, -0.2) is 22.0 Å². The molecule has 1 aliphatic rings. The number of carbonyl (C=O) groups excluding carboxylic acids is 1. The number of carbonyl (C=O) groups is 1. The van der Waals surface area contributed by atoms with Crippen molar-refractivity contribution in [2.24, 2.45) is 0 Å². The molecule has 0 aliphatic heterocycles. The zero-order valence-electron chi connectivity index (χ0n) is 13.9. The van der Waals surface area contributed by atoms with E-state index >= 15 is 0 Å². The molecule has 9 heteroatoms. The molecule has 1 fully saturated rings. The van der Waals surface area contributed by atoms with E-state index in [-0.39, 0.29) is 21.9 Å². The fourth-order valence-corrected chi connectivity index (χ4v) is 3.07. The number of aromatic nitrogens is 1. The molecule has 4 nitrogen and oxygen atoms in total. The van der Waals surface area contributed by atoms with Gasteiger partial charge in [0.05, 0.1) is 11.3 Å². The second kappa shape index (κ2) is 7.82. The van der Waals surface area contributed by atoms with Crippen LogP contribution in [0.15, 0.2) is 42.6 Å². The minimum Gasteiger partial charge on any atom is -0.360 e. The topological polar surface area (TPSA) is 54.0 Å². The third-order valence-electron chi connectivity index (χ3n) is 4.03. The Bertz CT molecular complexity index is 871. The third-order valence-corrected chi connectivity index (χ3v) is 4.60. The zero-order valence-corrected chi connectivity index (χ0v) is 15.5. The van der Waals surface area contributed by atoms with Crippen molar-refractivity contribution < 1.29 is 18.0 Å². The lowest BCUT2D eigenvalue weighted by molar-refractivity contribution is -0.137. The first-order valence-electron chi connectivity index (χ1n) is 8.14. The zero-order chi connectivity index (χ0) is 19.6. The quantitative estimate of drug-likeness (QED) is 0.743. The van der Waals surface area contributed by atoms with Crippen molar-refractivity contribution in [3.63, 3.8) is 0 Å². The standard InChI is InChI=1S/C18H15ClF3N3OS/c19-13-4-2-1-3-12(13)15(16(26)25-17(27)24-11-5-6-11)14-9-10(7-8-23-14)18(20,21)22/h1-4,7-9,11,15H,5-6H2,(H2,24,25,26,27). The Labute approximate surface area is 164 Å². The predicted molar refractivity (Wildman–Crippen MR) is 99.4 cm³/mol. The lowest BCUT2D eigenvalue weighted by Gasteiger charge is -2.19. The van der Waals surface area contributed by atoms with Crippen molar-refractivity contribution in [3.8, 4) is 0 Å². The molecular formula is C18H15ClF3N3OS. The van der Waals surface area contributed by atoms with Gasteiger partial charge in [-0.3, -0.25) is 9.78 Å². The van der Waals surface area contributed by atoms with Gasteiger partial charge in [0.25, 0.3) is 0 Å². The van der Waals surface area contributed by atoms with E-state index < -0.39 is 23.6 Å². The van der Waals surface area contributed by atoms with E-state index in [9.17, 15) is 18.0 Å². The number of hydrogen-bond donors (Lipinski definition) is 2. The van der Waals surface area contributed by atoms with Gasteiger partial charge in [0.15, 0.2) is 5.11 Å². The Hall–Kier alpha value is -2.19. The Morgan fingerprint density at radius 3 is 2.59 bits per heavy atom. The number of nitrogens with zero attached hydrogens (tertiary/aromatic N) is 1. The molecule has 2 N–H and O–H groups in total. The molecule has 1 amide bonds. The minimum absolute atomic E-state index is 0.0651. The van der Waals surface area contributed by atoms with E-state index in [0.717, 1.165) is 31.2 Å². The van der Waals surface area contributed by atoms with Crippen molar-refractivity contribution in [2.75, 3.05) is 0 Å². The van der Waals surface area contributed by atoms with Gasteiger partial charge in [-0.05, 0) is 48.8 Å². The molecule has 1 aromatic heterocycles. The Morgan fingerprint density at radius 2 is 1.96 bits per heavy atom. The highest BCUT2D eigenvalue weighted by Gasteiger charge is 2.34. The van der Waals surface area contributed by atoms with Gasteiger partial charge in [0.2, 0.25) is 5.91 Å². The summed E-state index contributed by atoms with van der Waals surface area (Å²) < 4.78 is 39.3. The van der Waals surface area contributed by atoms with Crippen molar-refractivity contribution in [1.82, 2.24) is 15.6 Å². The highest BCUT2D eigenvalue weighted by atomic mass is 35.5. The van der Waals surface area contributed by atoms with Gasteiger partial charge in [0, 0.05) is 17.3 Å². The fraction of sp³-hybridized carbons (Fsp3) is 0.278. The third kappa shape index (κ3) is 4.95. The number of amides is 1. The van der Waals surface area contributed by atoms with Crippen LogP contribution in [0.25, 0.3) is 0 Å². The van der Waals surface area contributed by atoms with Crippen LogP contribution in [0.3, 0.4) is 0 Å². The summed E-state index contributed by atoms with van der Waals surface area (Å²) in [5.74, 6) is -1.74. The number of nitrogens with one attached hydrogen (secondary N) is 2. The number of pyridine rings is 1. The molecule has 27 heavy (non-hydrogen) atoms. The van der Waals surface area contributed by atoms with Crippen molar-refractivity contribution >= 4 is 34.8 Å². The van der Waals surface area contributed by atoms with Gasteiger partial charge in [-0.1, -0.05) is 29.8 Å². The van der Waals surface area contributed by atoms with Crippen LogP contribution in [-0.2, 0) is 11.0 Å². The minimum atomic E-state index is -4.55. The van der Waals surface area contributed by atoms with E-state index in [1.165, 1.54) is 0 Å². The van der Waals surface area contributed by atoms with Crippen molar-refractivity contribution in [2.45, 2.75) is 31.0 Å². The summed E-state index contributed by atoms with van der Waals surface area (Å²) >= 11 is 11.3. The van der Waals surface area contributed by atoms with E-state index in [1.807, 2.05) is 0 Å². The first-order valence-corrected chi connectivity index (χ1v) is 8.93. The first-order chi connectivity index (χ1) is 12.8. The van der Waals surface area contributed by atoms with E-state index in [2.05, 4.69) is 15.6 Å². The summed E-state index contributed by atoms with van der Waals surface area (Å²) in [6.07, 6.45) is -1.61. The largest absolute Gasteiger partial charge is 0.416 e. The average molecular weight is 414 g/mol. The van der Waals surface area contributed by atoms with Crippen molar-refractivity contribution in [3.05, 3.63) is 64.4 Å². The summed E-state index contributed by atoms with van der Waals surface area (Å²) in [5.41, 5.74) is -0.613. The molecule has 0 radical (unpaired) electrons. The molecular weight excluding hydrogens is 399 g/mol. The molecule has 2 aromatic rings. The molecule has 1 aromatic carbocycles. The maximum absolute atomic E-state index is 13.1. The van der Waals surface area contributed by atoms with Crippen LogP contribution in [0.2, 0.25) is 5.02 Å². The SMILES string of the molecule is O=C(NC(=S)NC1CC1)C(c1cc(C(F)(F)F)ccn1)c1ccccc1Cl. The average Bonchev–Trinajstić information content (AvgIpc) is 3.40. The smallest absolute Gasteiger partial charge is 0.360 e. The normalized spacial score (nSPS) is 15.1. The molecule has 1 unspecified atom stereocenters. The summed E-state index contributed by atoms with van der Waals surface area (Å²) in [7, 11) is 0. The molecule has 3 rings (SSSR count). The molecule has 0 saturated heterocycles. The number of alkyl halides is 3. The van der Waals surface area contributed by atoms with Crippen LogP contribution in [0.4, 0.5) is 13.2 Å². The summed E-state index contributed by atoms with van der Waals surface area (Å²) in [6.45, 7) is 0. The van der Waals surface area contributed by atoms with E-state index in [1.54, 1.807) is 24.3 Å². The molecule has 1 aliphatic carbocycles. The van der Waals surface area contributed by atoms with Crippen LogP contribution in [0.1, 0.15) is 35.6 Å². The summed E-state index contributed by atoms with van der Waals surface area (Å²) in [5, 5.41) is 5.87. The van der Waals surface area contributed by atoms with Gasteiger partial charge in [-0.25, -0.2) is 0 Å². The molecule has 1 atom stereocenters. The monoisotopic (exact) mass is 413 g/mol. The molecule has 142 valence electrons. The Balaban J connectivity index is 1.96. The maximum Gasteiger partial charge on any atom is 0.416 e. The van der Waals surface area contributed by atoms with Crippen LogP contribution >= 0.6 is 23.8 Å². The van der Waals surface area contributed by atoms with Gasteiger partial charge in [-0.2, -0.15) is 13.2 Å². The number of benzene rings is 1. The molecule has 0 spiro atoms. The predicted octanol–water partition coefficient (Wildman–Crippen LogP) is 4.04. The number of hydrogen-bond acceptors (Lipinski definition) is 3. The van der Waals surface area contributed by atoms with Crippen LogP contribution in [0.5, 0.6) is 0 Å². The Kier molecular flexibility index (Phi) is 5.67. The van der Waals surface area contributed by atoms with Crippen LogP contribution in [0, 0.1) is 0 Å². The second-order valence-electron chi connectivity index (χ2n) is 6.16. The van der Waals surface area contributed by atoms with E-state index in [0.29, 0.717) is 5.56 Å². The summed E-state index contributed by atoms with van der Waals surface area (Å²) in [4.78, 5) is 16.8. The van der Waals surface area contributed by atoms with Gasteiger partial charge in [-0.15, -0.1) is 0 Å². The number of rotatable bonds is 4. The molecule has 1 heterocycles. The van der Waals surface area contributed by atoms with Gasteiger partial charge in [0.1, 0.15) is 5.92 Å². The van der Waals surface area contributed by atoms with Crippen LogP contribution < -0.4 is 10.6 Å². The lowest BCUT2D eigenvalue weighted by atomic mass is 9.93. The molecule has 1 saturated carbocycles. The molecule has 0 bridgehead atoms. The highest BCUT2D eigenvalue weighted by Crippen LogP contribution is 2.34. The highest BCUT2D eigenvalue weighted by molar-refractivity contribution is 7.80. The fourth-order valence-electron chi connectivity index (χ4n) is 2.56.